The van der Waals surface area contributed by atoms with Gasteiger partial charge in [-0.1, -0.05) is 15.9 Å². The first-order chi connectivity index (χ1) is 17.5. The molecule has 0 unspecified atom stereocenters. The molecular weight excluding hydrogens is 526 g/mol. The Morgan fingerprint density at radius 1 is 1.06 bits per heavy atom. The normalized spacial score (nSPS) is 17.9. The average molecular weight is 554 g/mol. The topological polar surface area (TPSA) is 76.7 Å². The molecule has 0 bridgehead atoms. The molecule has 188 valence electrons. The SMILES string of the molecule is COc1ccc(Cn2c(=O)c3cnn(C4CCC5(CC4)OCCO5)c3c3ccc(Br)cc32)c(OC)c1. The van der Waals surface area contributed by atoms with E-state index in [4.69, 9.17) is 24.0 Å². The summed E-state index contributed by atoms with van der Waals surface area (Å²) >= 11 is 3.60. The first-order valence-electron chi connectivity index (χ1n) is 12.2. The minimum atomic E-state index is -0.434. The van der Waals surface area contributed by atoms with Gasteiger partial charge >= 0.3 is 0 Å². The Labute approximate surface area is 216 Å². The van der Waals surface area contributed by atoms with E-state index in [0.717, 1.165) is 52.1 Å². The van der Waals surface area contributed by atoms with Gasteiger partial charge in [-0.05, 0) is 43.2 Å². The van der Waals surface area contributed by atoms with E-state index >= 15 is 0 Å². The second-order valence-corrected chi connectivity index (χ2v) is 10.3. The Kier molecular flexibility index (Phi) is 6.02. The number of halogens is 1. The molecule has 36 heavy (non-hydrogen) atoms. The number of nitrogens with zero attached hydrogens (tertiary/aromatic N) is 3. The largest absolute Gasteiger partial charge is 0.497 e. The van der Waals surface area contributed by atoms with Crippen molar-refractivity contribution < 1.29 is 18.9 Å². The number of rotatable bonds is 5. The second-order valence-electron chi connectivity index (χ2n) is 9.42. The third kappa shape index (κ3) is 3.90. The summed E-state index contributed by atoms with van der Waals surface area (Å²) in [6.07, 6.45) is 5.16. The summed E-state index contributed by atoms with van der Waals surface area (Å²) in [6.45, 7) is 1.68. The Hall–Kier alpha value is -2.88. The van der Waals surface area contributed by atoms with Crippen molar-refractivity contribution in [3.05, 3.63) is 63.0 Å². The van der Waals surface area contributed by atoms with Gasteiger partial charge in [0.2, 0.25) is 0 Å². The van der Waals surface area contributed by atoms with Crippen molar-refractivity contribution in [1.29, 1.82) is 0 Å². The standard InChI is InChI=1S/C27H28BrN3O5/c1-33-20-5-3-17(24(14-20)34-2)16-30-23-13-18(28)4-6-21(23)25-22(26(30)32)15-29-31(25)19-7-9-27(10-8-19)35-11-12-36-27/h3-6,13-15,19H,7-12,16H2,1-2H3. The first-order valence-corrected chi connectivity index (χ1v) is 13.0. The molecule has 8 nitrogen and oxygen atoms in total. The van der Waals surface area contributed by atoms with E-state index in [1.807, 2.05) is 35.0 Å². The average Bonchev–Trinajstić information content (AvgIpc) is 3.55. The van der Waals surface area contributed by atoms with Crippen molar-refractivity contribution in [1.82, 2.24) is 14.3 Å². The van der Waals surface area contributed by atoms with Crippen molar-refractivity contribution >= 4 is 37.7 Å². The minimum Gasteiger partial charge on any atom is -0.497 e. The lowest BCUT2D eigenvalue weighted by atomic mass is 9.90. The number of fused-ring (bicyclic) bond motifs is 3. The van der Waals surface area contributed by atoms with Crippen LogP contribution in [0.1, 0.15) is 37.3 Å². The van der Waals surface area contributed by atoms with Gasteiger partial charge < -0.3 is 23.5 Å². The highest BCUT2D eigenvalue weighted by Crippen LogP contribution is 2.41. The van der Waals surface area contributed by atoms with Crippen molar-refractivity contribution in [3.8, 4) is 11.5 Å². The third-order valence-electron chi connectivity index (χ3n) is 7.48. The van der Waals surface area contributed by atoms with Crippen LogP contribution in [-0.2, 0) is 16.0 Å². The molecule has 9 heteroatoms. The van der Waals surface area contributed by atoms with Crippen LogP contribution in [0, 0.1) is 0 Å². The van der Waals surface area contributed by atoms with Crippen LogP contribution in [0.25, 0.3) is 21.8 Å². The maximum Gasteiger partial charge on any atom is 0.262 e. The van der Waals surface area contributed by atoms with E-state index < -0.39 is 5.79 Å². The van der Waals surface area contributed by atoms with Gasteiger partial charge in [-0.2, -0.15) is 5.10 Å². The van der Waals surface area contributed by atoms with Crippen LogP contribution < -0.4 is 15.0 Å². The molecule has 0 amide bonds. The van der Waals surface area contributed by atoms with Crippen molar-refractivity contribution in [2.45, 2.75) is 44.1 Å². The van der Waals surface area contributed by atoms with Crippen LogP contribution in [0.3, 0.4) is 0 Å². The molecule has 3 heterocycles. The summed E-state index contributed by atoms with van der Waals surface area (Å²) in [4.78, 5) is 13.9. The smallest absolute Gasteiger partial charge is 0.262 e. The van der Waals surface area contributed by atoms with Crippen molar-refractivity contribution in [2.24, 2.45) is 0 Å². The molecule has 2 aromatic heterocycles. The lowest BCUT2D eigenvalue weighted by molar-refractivity contribution is -0.181. The van der Waals surface area contributed by atoms with Crippen molar-refractivity contribution in [3.63, 3.8) is 0 Å². The molecular formula is C27H28BrN3O5. The van der Waals surface area contributed by atoms with Gasteiger partial charge in [0, 0.05) is 34.3 Å². The molecule has 2 aliphatic rings. The molecule has 1 saturated carbocycles. The highest BCUT2D eigenvalue weighted by atomic mass is 79.9. The van der Waals surface area contributed by atoms with E-state index in [9.17, 15) is 4.79 Å². The highest BCUT2D eigenvalue weighted by molar-refractivity contribution is 9.10. The molecule has 2 fully saturated rings. The Morgan fingerprint density at radius 3 is 2.56 bits per heavy atom. The molecule has 0 N–H and O–H groups in total. The Morgan fingerprint density at radius 2 is 1.83 bits per heavy atom. The zero-order valence-corrected chi connectivity index (χ0v) is 21.9. The third-order valence-corrected chi connectivity index (χ3v) is 7.97. The Balaban J connectivity index is 1.46. The number of aromatic nitrogens is 3. The lowest BCUT2D eigenvalue weighted by Crippen LogP contribution is -2.36. The molecule has 4 aromatic rings. The van der Waals surface area contributed by atoms with Crippen LogP contribution in [0.2, 0.25) is 0 Å². The van der Waals surface area contributed by atoms with Crippen molar-refractivity contribution in [2.75, 3.05) is 27.4 Å². The molecule has 1 spiro atoms. The van der Waals surface area contributed by atoms with Gasteiger partial charge in [-0.3, -0.25) is 9.48 Å². The fourth-order valence-corrected chi connectivity index (χ4v) is 5.98. The van der Waals surface area contributed by atoms with Gasteiger partial charge in [-0.15, -0.1) is 0 Å². The maximum absolute atomic E-state index is 13.9. The summed E-state index contributed by atoms with van der Waals surface area (Å²) in [5.74, 6) is 0.943. The van der Waals surface area contributed by atoms with E-state index in [0.29, 0.717) is 36.6 Å². The van der Waals surface area contributed by atoms with Crippen LogP contribution in [0.15, 0.2) is 51.9 Å². The van der Waals surface area contributed by atoms with E-state index in [-0.39, 0.29) is 11.6 Å². The van der Waals surface area contributed by atoms with E-state index in [1.165, 1.54) is 0 Å². The predicted octanol–water partition coefficient (Wildman–Crippen LogP) is 5.04. The maximum atomic E-state index is 13.9. The molecule has 0 radical (unpaired) electrons. The predicted molar refractivity (Wildman–Crippen MR) is 140 cm³/mol. The summed E-state index contributed by atoms with van der Waals surface area (Å²) in [5.41, 5.74) is 2.54. The fourth-order valence-electron chi connectivity index (χ4n) is 5.63. The molecule has 1 saturated heterocycles. The zero-order valence-electron chi connectivity index (χ0n) is 20.3. The van der Waals surface area contributed by atoms with Gasteiger partial charge in [0.15, 0.2) is 5.79 Å². The highest BCUT2D eigenvalue weighted by Gasteiger charge is 2.41. The molecule has 2 aromatic carbocycles. The number of methoxy groups -OCH3 is 2. The van der Waals surface area contributed by atoms with Crippen LogP contribution in [0.4, 0.5) is 0 Å². The number of ether oxygens (including phenoxy) is 4. The summed E-state index contributed by atoms with van der Waals surface area (Å²) in [7, 11) is 3.24. The molecule has 1 aliphatic heterocycles. The molecule has 6 rings (SSSR count). The fraction of sp³-hybridized carbons (Fsp3) is 0.407. The minimum absolute atomic E-state index is 0.0746. The number of hydrogen-bond acceptors (Lipinski definition) is 6. The molecule has 0 atom stereocenters. The summed E-state index contributed by atoms with van der Waals surface area (Å²) in [6, 6.07) is 11.9. The second kappa shape index (κ2) is 9.21. The van der Waals surface area contributed by atoms with Crippen LogP contribution in [0.5, 0.6) is 11.5 Å². The number of hydrogen-bond donors (Lipinski definition) is 0. The van der Waals surface area contributed by atoms with Gasteiger partial charge in [0.05, 0.1) is 62.6 Å². The van der Waals surface area contributed by atoms with Gasteiger partial charge in [-0.25, -0.2) is 0 Å². The lowest BCUT2D eigenvalue weighted by Gasteiger charge is -2.35. The zero-order chi connectivity index (χ0) is 24.9. The van der Waals surface area contributed by atoms with Crippen LogP contribution >= 0.6 is 15.9 Å². The summed E-state index contributed by atoms with van der Waals surface area (Å²) in [5, 5.41) is 6.35. The number of benzene rings is 2. The molecule has 1 aliphatic carbocycles. The number of pyridine rings is 1. The van der Waals surface area contributed by atoms with E-state index in [2.05, 4.69) is 22.0 Å². The van der Waals surface area contributed by atoms with Crippen LogP contribution in [-0.4, -0.2) is 47.6 Å². The monoisotopic (exact) mass is 553 g/mol. The first kappa shape index (κ1) is 23.5. The Bertz CT molecular complexity index is 1500. The van der Waals surface area contributed by atoms with E-state index in [1.54, 1.807) is 25.0 Å². The quantitative estimate of drug-likeness (QED) is 0.344. The van der Waals surface area contributed by atoms with Gasteiger partial charge in [0.25, 0.3) is 5.56 Å². The van der Waals surface area contributed by atoms with Gasteiger partial charge in [0.1, 0.15) is 11.5 Å². The summed E-state index contributed by atoms with van der Waals surface area (Å²) < 4.78 is 27.5.